The van der Waals surface area contributed by atoms with Crippen LogP contribution in [0.2, 0.25) is 0 Å². The summed E-state index contributed by atoms with van der Waals surface area (Å²) in [5.41, 5.74) is 5.67. The van der Waals surface area contributed by atoms with Crippen LogP contribution in [0.25, 0.3) is 21.8 Å². The van der Waals surface area contributed by atoms with Gasteiger partial charge in [-0.3, -0.25) is 5.10 Å². The minimum absolute atomic E-state index is 0.315. The topological polar surface area (TPSA) is 119 Å². The fraction of sp³-hybridized carbons (Fsp3) is 0.231. The number of urea groups is 1. The maximum Gasteiger partial charge on any atom is 0.323 e. The number of aromatic amines is 1. The quantitative estimate of drug-likeness (QED) is 0.349. The van der Waals surface area contributed by atoms with Crippen LogP contribution >= 0.6 is 11.3 Å². The number of thiophene rings is 1. The van der Waals surface area contributed by atoms with Gasteiger partial charge in [0.05, 0.1) is 23.7 Å². The molecular formula is C26H25N7O2S. The molecule has 1 aliphatic heterocycles. The third-order valence-corrected chi connectivity index (χ3v) is 7.32. The van der Waals surface area contributed by atoms with Gasteiger partial charge in [0.1, 0.15) is 17.4 Å². The summed E-state index contributed by atoms with van der Waals surface area (Å²) in [4.78, 5) is 20.0. The van der Waals surface area contributed by atoms with E-state index < -0.39 is 0 Å². The van der Waals surface area contributed by atoms with Gasteiger partial charge in [0, 0.05) is 30.0 Å². The minimum atomic E-state index is -0.315. The van der Waals surface area contributed by atoms with Gasteiger partial charge in [0.2, 0.25) is 0 Å². The summed E-state index contributed by atoms with van der Waals surface area (Å²) in [5.74, 6) is 0.543. The van der Waals surface area contributed by atoms with E-state index in [9.17, 15) is 10.1 Å². The molecule has 3 heterocycles. The third-order valence-electron chi connectivity index (χ3n) is 6.07. The second-order valence-corrected chi connectivity index (χ2v) is 9.44. The van der Waals surface area contributed by atoms with Gasteiger partial charge in [-0.25, -0.2) is 9.78 Å². The minimum Gasteiger partial charge on any atom is -0.378 e. The fourth-order valence-electron chi connectivity index (χ4n) is 4.27. The van der Waals surface area contributed by atoms with Gasteiger partial charge in [0.15, 0.2) is 5.82 Å². The van der Waals surface area contributed by atoms with Crippen LogP contribution in [0.5, 0.6) is 0 Å². The highest BCUT2D eigenvalue weighted by Gasteiger charge is 2.26. The summed E-state index contributed by atoms with van der Waals surface area (Å²) in [7, 11) is 0. The van der Waals surface area contributed by atoms with Crippen LogP contribution in [0.1, 0.15) is 16.7 Å². The zero-order valence-electron chi connectivity index (χ0n) is 20.0. The highest BCUT2D eigenvalue weighted by atomic mass is 32.1. The zero-order chi connectivity index (χ0) is 25.1. The van der Waals surface area contributed by atoms with Crippen molar-refractivity contribution in [1.82, 2.24) is 15.2 Å². The Bertz CT molecular complexity index is 1400. The molecule has 0 bridgehead atoms. The number of aromatic nitrogens is 3. The number of nitrogens with one attached hydrogen (secondary N) is 3. The molecular weight excluding hydrogens is 474 g/mol. The first-order valence-corrected chi connectivity index (χ1v) is 12.4. The standard InChI is InChI=1S/C26H25N7O2S/c1-16-4-3-5-17(2)22(16)31-26(34)30-19-8-6-18(7-9-19)21-20(14-27)25(33-10-12-35-13-11-33)36-23(21)24-28-15-29-32-24/h3-9,15H,10-13H2,1-2H3,(H,28,29,32)(H2,30,31,34). The van der Waals surface area contributed by atoms with Crippen molar-refractivity contribution in [3.05, 3.63) is 65.5 Å². The number of aryl methyl sites for hydroxylation is 2. The fourth-order valence-corrected chi connectivity index (χ4v) is 5.54. The molecule has 182 valence electrons. The number of morpholine rings is 1. The molecule has 9 nitrogen and oxygen atoms in total. The van der Waals surface area contributed by atoms with E-state index >= 15 is 0 Å². The molecule has 4 aromatic rings. The lowest BCUT2D eigenvalue weighted by Gasteiger charge is -2.27. The molecule has 0 aliphatic carbocycles. The molecule has 0 unspecified atom stereocenters. The normalized spacial score (nSPS) is 13.3. The second-order valence-electron chi connectivity index (χ2n) is 8.44. The van der Waals surface area contributed by atoms with E-state index in [0.717, 1.165) is 50.9 Å². The summed E-state index contributed by atoms with van der Waals surface area (Å²) in [6.07, 6.45) is 1.53. The van der Waals surface area contributed by atoms with Crippen LogP contribution in [0.4, 0.5) is 21.2 Å². The van der Waals surface area contributed by atoms with Crippen LogP contribution in [0.15, 0.2) is 48.8 Å². The van der Waals surface area contributed by atoms with Crippen molar-refractivity contribution < 1.29 is 9.53 Å². The molecule has 2 aromatic carbocycles. The zero-order valence-corrected chi connectivity index (χ0v) is 20.8. The van der Waals surface area contributed by atoms with E-state index in [1.54, 1.807) is 0 Å². The summed E-state index contributed by atoms with van der Waals surface area (Å²) in [6.45, 7) is 6.61. The first-order valence-electron chi connectivity index (χ1n) is 11.6. The molecule has 1 saturated heterocycles. The van der Waals surface area contributed by atoms with Gasteiger partial charge < -0.3 is 20.3 Å². The van der Waals surface area contributed by atoms with Crippen molar-refractivity contribution in [3.63, 3.8) is 0 Å². The number of carbonyl (C=O) groups excluding carboxylic acids is 1. The van der Waals surface area contributed by atoms with Crippen molar-refractivity contribution in [2.24, 2.45) is 0 Å². The van der Waals surface area contributed by atoms with Crippen LogP contribution in [-0.2, 0) is 4.74 Å². The van der Waals surface area contributed by atoms with Crippen LogP contribution in [-0.4, -0.2) is 47.5 Å². The Morgan fingerprint density at radius 3 is 2.47 bits per heavy atom. The molecule has 3 N–H and O–H groups in total. The second kappa shape index (κ2) is 10.2. The van der Waals surface area contributed by atoms with Gasteiger partial charge in [-0.15, -0.1) is 11.3 Å². The predicted octanol–water partition coefficient (Wildman–Crippen LogP) is 5.17. The molecule has 1 aliphatic rings. The first kappa shape index (κ1) is 23.5. The number of anilines is 3. The largest absolute Gasteiger partial charge is 0.378 e. The number of nitrogens with zero attached hydrogens (tertiary/aromatic N) is 4. The number of benzene rings is 2. The lowest BCUT2D eigenvalue weighted by molar-refractivity contribution is 0.123. The highest BCUT2D eigenvalue weighted by Crippen LogP contribution is 2.46. The van der Waals surface area contributed by atoms with E-state index in [0.29, 0.717) is 30.3 Å². The maximum absolute atomic E-state index is 12.6. The van der Waals surface area contributed by atoms with Crippen molar-refractivity contribution in [2.75, 3.05) is 41.8 Å². The molecule has 0 saturated carbocycles. The van der Waals surface area contributed by atoms with Gasteiger partial charge in [-0.2, -0.15) is 10.4 Å². The summed E-state index contributed by atoms with van der Waals surface area (Å²) in [6, 6.07) is 15.4. The number of hydrogen-bond acceptors (Lipinski definition) is 7. The number of carbonyl (C=O) groups is 1. The van der Waals surface area contributed by atoms with Crippen LogP contribution < -0.4 is 15.5 Å². The summed E-state index contributed by atoms with van der Waals surface area (Å²) < 4.78 is 5.49. The van der Waals surface area contributed by atoms with Crippen molar-refractivity contribution in [3.8, 4) is 27.9 Å². The Kier molecular flexibility index (Phi) is 6.66. The van der Waals surface area contributed by atoms with Gasteiger partial charge >= 0.3 is 6.03 Å². The molecule has 2 amide bonds. The highest BCUT2D eigenvalue weighted by molar-refractivity contribution is 7.20. The number of para-hydroxylation sites is 1. The number of rotatable bonds is 5. The Morgan fingerprint density at radius 1 is 1.11 bits per heavy atom. The molecule has 0 atom stereocenters. The summed E-state index contributed by atoms with van der Waals surface area (Å²) in [5, 5.41) is 23.9. The first-order chi connectivity index (χ1) is 17.5. The van der Waals surface area contributed by atoms with E-state index in [2.05, 4.69) is 36.8 Å². The van der Waals surface area contributed by atoms with Gasteiger partial charge in [-0.05, 0) is 42.7 Å². The Morgan fingerprint density at radius 2 is 1.83 bits per heavy atom. The molecule has 5 rings (SSSR count). The van der Waals surface area contributed by atoms with Gasteiger partial charge in [0.25, 0.3) is 0 Å². The van der Waals surface area contributed by atoms with Crippen LogP contribution in [0, 0.1) is 25.2 Å². The lowest BCUT2D eigenvalue weighted by atomic mass is 10.0. The Hall–Kier alpha value is -4.20. The summed E-state index contributed by atoms with van der Waals surface area (Å²) >= 11 is 1.51. The van der Waals surface area contributed by atoms with Crippen molar-refractivity contribution in [2.45, 2.75) is 13.8 Å². The molecule has 1 fully saturated rings. The number of H-pyrrole nitrogens is 1. The SMILES string of the molecule is Cc1cccc(C)c1NC(=O)Nc1ccc(-c2c(-c3nc[nH]n3)sc(N3CCOCC3)c2C#N)cc1. The number of amides is 2. The van der Waals surface area contributed by atoms with Gasteiger partial charge in [-0.1, -0.05) is 30.3 Å². The predicted molar refractivity (Wildman–Crippen MR) is 141 cm³/mol. The van der Waals surface area contributed by atoms with E-state index in [-0.39, 0.29) is 6.03 Å². The maximum atomic E-state index is 12.6. The Labute approximate surface area is 212 Å². The molecule has 36 heavy (non-hydrogen) atoms. The van der Waals surface area contributed by atoms with Crippen LogP contribution in [0.3, 0.4) is 0 Å². The number of nitriles is 1. The molecule has 10 heteroatoms. The van der Waals surface area contributed by atoms with E-state index in [1.165, 1.54) is 17.7 Å². The average molecular weight is 500 g/mol. The van der Waals surface area contributed by atoms with E-state index in [4.69, 9.17) is 4.74 Å². The molecule has 0 radical (unpaired) electrons. The van der Waals surface area contributed by atoms with Crippen molar-refractivity contribution >= 4 is 33.7 Å². The number of ether oxygens (including phenoxy) is 1. The average Bonchev–Trinajstić information content (AvgIpc) is 3.55. The molecule has 0 spiro atoms. The monoisotopic (exact) mass is 499 g/mol. The Balaban J connectivity index is 1.44. The lowest BCUT2D eigenvalue weighted by Crippen LogP contribution is -2.36. The number of hydrogen-bond donors (Lipinski definition) is 3. The van der Waals surface area contributed by atoms with E-state index in [1.807, 2.05) is 56.3 Å². The molecule has 2 aromatic heterocycles. The van der Waals surface area contributed by atoms with Crippen molar-refractivity contribution in [1.29, 1.82) is 5.26 Å². The third kappa shape index (κ3) is 4.66. The smallest absolute Gasteiger partial charge is 0.323 e.